The van der Waals surface area contributed by atoms with E-state index in [1.165, 1.54) is 78.3 Å². The van der Waals surface area contributed by atoms with Crippen LogP contribution < -0.4 is 26.7 Å². The molecule has 5 amide bonds. The number of aromatic nitrogens is 4. The van der Waals surface area contributed by atoms with Gasteiger partial charge in [0.15, 0.2) is 11.6 Å². The van der Waals surface area contributed by atoms with Crippen LogP contribution >= 0.6 is 0 Å². The molecule has 0 aromatic carbocycles. The van der Waals surface area contributed by atoms with Gasteiger partial charge >= 0.3 is 18.0 Å². The molecule has 2 aromatic heterocycles. The molecule has 2 aromatic rings. The third-order valence-electron chi connectivity index (χ3n) is 9.69. The van der Waals surface area contributed by atoms with Crippen LogP contribution in [0.3, 0.4) is 0 Å². The summed E-state index contributed by atoms with van der Waals surface area (Å²) in [4.78, 5) is 53.7. The Balaban J connectivity index is 0.000000276. The van der Waals surface area contributed by atoms with E-state index in [2.05, 4.69) is 41.5 Å². The fraction of sp³-hybridized carbons (Fsp3) is 0.765. The Kier molecular flexibility index (Phi) is 18.8. The van der Waals surface area contributed by atoms with Gasteiger partial charge in [-0.25, -0.2) is 15.1 Å². The number of rotatable bonds is 18. The molecule has 2 atom stereocenters. The Morgan fingerprint density at radius 3 is 1.53 bits per heavy atom. The topological polar surface area (TPSA) is 247 Å². The van der Waals surface area contributed by atoms with Gasteiger partial charge in [0.25, 0.3) is 0 Å². The van der Waals surface area contributed by atoms with Gasteiger partial charge in [-0.2, -0.15) is 9.97 Å². The van der Waals surface area contributed by atoms with Crippen LogP contribution in [0.4, 0.5) is 9.59 Å². The highest BCUT2D eigenvalue weighted by molar-refractivity contribution is 5.75. The number of carboxylic acids is 1. The lowest BCUT2D eigenvalue weighted by molar-refractivity contribution is -0.137. The van der Waals surface area contributed by atoms with Crippen molar-refractivity contribution in [3.05, 3.63) is 23.4 Å². The zero-order valence-electron chi connectivity index (χ0n) is 30.1. The van der Waals surface area contributed by atoms with Crippen LogP contribution in [0.2, 0.25) is 0 Å². The lowest BCUT2D eigenvalue weighted by atomic mass is 9.84. The SMILES string of the molecule is CNC(=O)NCc1noc([C@H](CCCC2CCCCC2)CC(=O)NO)n1.CNC(=O)NCc1noc([C@H](CCCC2CCCCC2)CC(=O)O)n1. The first-order valence-electron chi connectivity index (χ1n) is 18.4. The molecular formula is C34H57N9O8. The van der Waals surface area contributed by atoms with Gasteiger partial charge in [-0.05, 0) is 24.7 Å². The molecule has 2 aliphatic rings. The molecule has 286 valence electrons. The predicted molar refractivity (Wildman–Crippen MR) is 184 cm³/mol. The van der Waals surface area contributed by atoms with Gasteiger partial charge in [0.05, 0.1) is 19.5 Å². The molecule has 2 fully saturated rings. The monoisotopic (exact) mass is 719 g/mol. The van der Waals surface area contributed by atoms with E-state index >= 15 is 0 Å². The first-order chi connectivity index (χ1) is 24.7. The molecule has 17 nitrogen and oxygen atoms in total. The molecule has 51 heavy (non-hydrogen) atoms. The maximum atomic E-state index is 11.6. The van der Waals surface area contributed by atoms with Gasteiger partial charge in [-0.15, -0.1) is 0 Å². The Morgan fingerprint density at radius 2 is 1.14 bits per heavy atom. The summed E-state index contributed by atoms with van der Waals surface area (Å²) < 4.78 is 10.5. The average Bonchev–Trinajstić information content (AvgIpc) is 3.83. The molecule has 2 saturated carbocycles. The third kappa shape index (κ3) is 16.1. The maximum Gasteiger partial charge on any atom is 0.314 e. The summed E-state index contributed by atoms with van der Waals surface area (Å²) in [6.45, 7) is 0.287. The maximum absolute atomic E-state index is 11.6. The van der Waals surface area contributed by atoms with E-state index < -0.39 is 11.9 Å². The van der Waals surface area contributed by atoms with Crippen LogP contribution in [-0.2, 0) is 22.7 Å². The summed E-state index contributed by atoms with van der Waals surface area (Å²) >= 11 is 0. The second-order valence-corrected chi connectivity index (χ2v) is 13.6. The van der Waals surface area contributed by atoms with E-state index in [1.54, 1.807) is 5.48 Å². The summed E-state index contributed by atoms with van der Waals surface area (Å²) in [5.41, 5.74) is 1.67. The van der Waals surface area contributed by atoms with Gasteiger partial charge in [-0.3, -0.25) is 14.8 Å². The predicted octanol–water partition coefficient (Wildman–Crippen LogP) is 5.04. The highest BCUT2D eigenvalue weighted by Gasteiger charge is 2.25. The Morgan fingerprint density at radius 1 is 0.706 bits per heavy atom. The minimum absolute atomic E-state index is 0.0187. The lowest BCUT2D eigenvalue weighted by Gasteiger charge is -2.22. The van der Waals surface area contributed by atoms with Crippen molar-refractivity contribution < 1.29 is 38.5 Å². The Hall–Kier alpha value is -4.28. The molecular weight excluding hydrogens is 662 g/mol. The van der Waals surface area contributed by atoms with Crippen molar-refractivity contribution in [1.82, 2.24) is 47.0 Å². The first kappa shape index (κ1) is 41.1. The number of nitrogens with zero attached hydrogens (tertiary/aromatic N) is 4. The van der Waals surface area contributed by atoms with E-state index in [0.717, 1.165) is 50.4 Å². The zero-order chi connectivity index (χ0) is 36.8. The second-order valence-electron chi connectivity index (χ2n) is 13.6. The molecule has 2 heterocycles. The summed E-state index contributed by atoms with van der Waals surface area (Å²) in [7, 11) is 3.04. The van der Waals surface area contributed by atoms with Gasteiger partial charge in [-0.1, -0.05) is 100 Å². The molecule has 4 rings (SSSR count). The van der Waals surface area contributed by atoms with E-state index in [4.69, 9.17) is 19.4 Å². The molecule has 0 unspecified atom stereocenters. The molecule has 2 aliphatic carbocycles. The van der Waals surface area contributed by atoms with Crippen molar-refractivity contribution >= 4 is 23.9 Å². The van der Waals surface area contributed by atoms with Crippen LogP contribution in [0, 0.1) is 11.8 Å². The van der Waals surface area contributed by atoms with Crippen LogP contribution in [0.15, 0.2) is 9.05 Å². The van der Waals surface area contributed by atoms with Crippen LogP contribution in [-0.4, -0.2) is 68.6 Å². The van der Waals surface area contributed by atoms with Gasteiger partial charge in [0.2, 0.25) is 17.7 Å². The van der Waals surface area contributed by atoms with E-state index in [9.17, 15) is 19.2 Å². The molecule has 17 heteroatoms. The van der Waals surface area contributed by atoms with Gasteiger partial charge < -0.3 is 35.4 Å². The molecule has 0 radical (unpaired) electrons. The average molecular weight is 720 g/mol. The highest BCUT2D eigenvalue weighted by Crippen LogP contribution is 2.32. The normalized spacial score (nSPS) is 16.2. The standard InChI is InChI=1S/C17H29N5O4.C17H28N4O4/c1-18-17(24)19-11-14-20-16(26-22-14)13(10-15(23)21-25)9-5-8-12-6-3-2-4-7-12;1-18-17(24)19-11-14-20-16(25-21-14)13(10-15(22)23)9-5-8-12-6-3-2-4-7-12/h12-13,25H,2-11H2,1H3,(H,21,23)(H2,18,19,24);12-13H,2-11H2,1H3,(H,22,23)(H2,18,19,24)/t2*13-/m11/s1. The fourth-order valence-corrected chi connectivity index (χ4v) is 6.87. The third-order valence-corrected chi connectivity index (χ3v) is 9.69. The molecule has 0 saturated heterocycles. The van der Waals surface area contributed by atoms with Crippen molar-refractivity contribution in [3.63, 3.8) is 0 Å². The van der Waals surface area contributed by atoms with E-state index in [1.807, 2.05) is 0 Å². The minimum Gasteiger partial charge on any atom is -0.481 e. The Labute approximate surface area is 299 Å². The molecule has 0 aliphatic heterocycles. The van der Waals surface area contributed by atoms with Crippen molar-refractivity contribution in [2.24, 2.45) is 11.8 Å². The smallest absolute Gasteiger partial charge is 0.314 e. The van der Waals surface area contributed by atoms with Crippen molar-refractivity contribution in [3.8, 4) is 0 Å². The summed E-state index contributed by atoms with van der Waals surface area (Å²) in [5.74, 6) is 1.09. The number of hydroxylamine groups is 1. The van der Waals surface area contributed by atoms with Crippen molar-refractivity contribution in [2.45, 2.75) is 141 Å². The van der Waals surface area contributed by atoms with Crippen LogP contribution in [0.1, 0.15) is 151 Å². The van der Waals surface area contributed by atoms with Crippen LogP contribution in [0.5, 0.6) is 0 Å². The summed E-state index contributed by atoms with van der Waals surface area (Å²) in [6.07, 6.45) is 18.8. The van der Waals surface area contributed by atoms with Gasteiger partial charge in [0, 0.05) is 32.4 Å². The number of urea groups is 2. The summed E-state index contributed by atoms with van der Waals surface area (Å²) in [6, 6.07) is -0.666. The lowest BCUT2D eigenvalue weighted by Crippen LogP contribution is -2.32. The Bertz CT molecular complexity index is 1320. The van der Waals surface area contributed by atoms with Crippen LogP contribution in [0.25, 0.3) is 0 Å². The van der Waals surface area contributed by atoms with E-state index in [-0.39, 0.29) is 49.8 Å². The number of hydrogen-bond donors (Lipinski definition) is 7. The fourth-order valence-electron chi connectivity index (χ4n) is 6.87. The number of hydrogen-bond acceptors (Lipinski definition) is 11. The number of aliphatic carboxylic acids is 1. The second kappa shape index (κ2) is 23.2. The first-order valence-corrected chi connectivity index (χ1v) is 18.4. The van der Waals surface area contributed by atoms with E-state index in [0.29, 0.717) is 23.4 Å². The number of carbonyl (C=O) groups is 4. The quantitative estimate of drug-likeness (QED) is 0.0791. The van der Waals surface area contributed by atoms with Crippen molar-refractivity contribution in [2.75, 3.05) is 14.1 Å². The number of carbonyl (C=O) groups excluding carboxylic acids is 3. The molecule has 0 spiro atoms. The molecule has 7 N–H and O–H groups in total. The van der Waals surface area contributed by atoms with Gasteiger partial charge in [0.1, 0.15) is 0 Å². The molecule has 0 bridgehead atoms. The number of carboxylic acid groups (broad SMARTS) is 1. The highest BCUT2D eigenvalue weighted by atomic mass is 16.5. The van der Waals surface area contributed by atoms with Crippen molar-refractivity contribution in [1.29, 1.82) is 0 Å². The number of amides is 5. The number of nitrogens with one attached hydrogen (secondary N) is 5. The summed E-state index contributed by atoms with van der Waals surface area (Å²) in [5, 5.41) is 35.7. The largest absolute Gasteiger partial charge is 0.481 e. The zero-order valence-corrected chi connectivity index (χ0v) is 30.1. The minimum atomic E-state index is -0.870.